The number of nitrogens with zero attached hydrogens (tertiary/aromatic N) is 3. The van der Waals surface area contributed by atoms with Crippen molar-refractivity contribution < 1.29 is 19.1 Å². The number of hydrogen-bond donors (Lipinski definition) is 2. The fraction of sp³-hybridized carbons (Fsp3) is 0.188. The molecule has 3 rings (SSSR count). The summed E-state index contributed by atoms with van der Waals surface area (Å²) < 4.78 is 9.81. The average molecular weight is 341 g/mol. The summed E-state index contributed by atoms with van der Waals surface area (Å²) in [6.07, 6.45) is 1.42. The lowest BCUT2D eigenvalue weighted by atomic mass is 10.1. The van der Waals surface area contributed by atoms with Crippen molar-refractivity contribution in [2.24, 2.45) is 0 Å². The fourth-order valence-corrected chi connectivity index (χ4v) is 2.32. The summed E-state index contributed by atoms with van der Waals surface area (Å²) in [5, 5.41) is 9.67. The third-order valence-electron chi connectivity index (χ3n) is 3.48. The van der Waals surface area contributed by atoms with Crippen molar-refractivity contribution in [1.82, 2.24) is 20.2 Å². The molecule has 2 heterocycles. The Kier molecular flexibility index (Phi) is 4.55. The molecule has 0 fully saturated rings. The number of fused-ring (bicyclic) bond motifs is 1. The maximum atomic E-state index is 12.7. The van der Waals surface area contributed by atoms with Crippen LogP contribution in [0.5, 0.6) is 5.75 Å². The SMILES string of the molecule is COC(=O)Cc1nc(NC(=O)c2c(OC)cnc3ccccc23)n[nH]1. The molecule has 0 saturated carbocycles. The first-order valence-corrected chi connectivity index (χ1v) is 7.33. The van der Waals surface area contributed by atoms with Gasteiger partial charge in [-0.25, -0.2) is 0 Å². The quantitative estimate of drug-likeness (QED) is 0.672. The lowest BCUT2D eigenvalue weighted by Gasteiger charge is -2.10. The number of aromatic amines is 1. The summed E-state index contributed by atoms with van der Waals surface area (Å²) in [7, 11) is 2.74. The predicted octanol–water partition coefficient (Wildman–Crippen LogP) is 1.33. The van der Waals surface area contributed by atoms with Crippen molar-refractivity contribution in [3.05, 3.63) is 41.9 Å². The van der Waals surface area contributed by atoms with E-state index in [9.17, 15) is 9.59 Å². The third kappa shape index (κ3) is 3.39. The van der Waals surface area contributed by atoms with Gasteiger partial charge in [-0.3, -0.25) is 25.0 Å². The number of amides is 1. The number of nitrogens with one attached hydrogen (secondary N) is 2. The van der Waals surface area contributed by atoms with E-state index < -0.39 is 11.9 Å². The van der Waals surface area contributed by atoms with Gasteiger partial charge < -0.3 is 9.47 Å². The lowest BCUT2D eigenvalue weighted by molar-refractivity contribution is -0.139. The minimum absolute atomic E-state index is 0.0480. The number of benzene rings is 1. The first kappa shape index (κ1) is 16.4. The van der Waals surface area contributed by atoms with Gasteiger partial charge in [0.25, 0.3) is 5.91 Å². The summed E-state index contributed by atoms with van der Waals surface area (Å²) in [5.41, 5.74) is 0.988. The number of pyridine rings is 1. The summed E-state index contributed by atoms with van der Waals surface area (Å²) in [4.78, 5) is 32.2. The van der Waals surface area contributed by atoms with Gasteiger partial charge in [-0.2, -0.15) is 4.98 Å². The molecule has 0 radical (unpaired) electrons. The monoisotopic (exact) mass is 341 g/mol. The molecule has 1 aromatic carbocycles. The molecule has 9 nitrogen and oxygen atoms in total. The molecule has 0 atom stereocenters. The molecular weight excluding hydrogens is 326 g/mol. The van der Waals surface area contributed by atoms with Crippen molar-refractivity contribution in [2.75, 3.05) is 19.5 Å². The number of H-pyrrole nitrogens is 1. The Morgan fingerprint density at radius 1 is 1.24 bits per heavy atom. The number of rotatable bonds is 5. The van der Waals surface area contributed by atoms with E-state index in [-0.39, 0.29) is 18.2 Å². The van der Waals surface area contributed by atoms with E-state index >= 15 is 0 Å². The number of anilines is 1. The highest BCUT2D eigenvalue weighted by molar-refractivity contribution is 6.13. The molecule has 2 aromatic heterocycles. The molecule has 3 aromatic rings. The number of aromatic nitrogens is 4. The number of carbonyl (C=O) groups excluding carboxylic acids is 2. The molecule has 9 heteroatoms. The zero-order valence-electron chi connectivity index (χ0n) is 13.6. The van der Waals surface area contributed by atoms with Crippen LogP contribution in [0, 0.1) is 0 Å². The molecule has 25 heavy (non-hydrogen) atoms. The van der Waals surface area contributed by atoms with Crippen molar-refractivity contribution in [3.8, 4) is 5.75 Å². The topological polar surface area (TPSA) is 119 Å². The summed E-state index contributed by atoms with van der Waals surface area (Å²) in [6, 6.07) is 7.21. The third-order valence-corrected chi connectivity index (χ3v) is 3.48. The Balaban J connectivity index is 1.89. The van der Waals surface area contributed by atoms with Crippen molar-refractivity contribution in [1.29, 1.82) is 0 Å². The Bertz CT molecular complexity index is 937. The largest absolute Gasteiger partial charge is 0.494 e. The maximum absolute atomic E-state index is 12.7. The summed E-state index contributed by atoms with van der Waals surface area (Å²) >= 11 is 0. The zero-order chi connectivity index (χ0) is 17.8. The van der Waals surface area contributed by atoms with Crippen LogP contribution in [0.15, 0.2) is 30.5 Å². The Morgan fingerprint density at radius 2 is 2.04 bits per heavy atom. The predicted molar refractivity (Wildman–Crippen MR) is 88.4 cm³/mol. The van der Waals surface area contributed by atoms with Crippen LogP contribution in [-0.4, -0.2) is 46.3 Å². The molecule has 0 saturated heterocycles. The molecule has 0 spiro atoms. The van der Waals surface area contributed by atoms with E-state index in [1.807, 2.05) is 12.1 Å². The van der Waals surface area contributed by atoms with Crippen molar-refractivity contribution in [3.63, 3.8) is 0 Å². The van der Waals surface area contributed by atoms with Gasteiger partial charge in [-0.05, 0) is 6.07 Å². The zero-order valence-corrected chi connectivity index (χ0v) is 13.6. The molecule has 0 aliphatic carbocycles. The highest BCUT2D eigenvalue weighted by Crippen LogP contribution is 2.26. The summed E-state index contributed by atoms with van der Waals surface area (Å²) in [6.45, 7) is 0. The van der Waals surface area contributed by atoms with Gasteiger partial charge in [0.2, 0.25) is 5.95 Å². The number of methoxy groups -OCH3 is 2. The molecular formula is C16H15N5O4. The van der Waals surface area contributed by atoms with Crippen LogP contribution >= 0.6 is 0 Å². The van der Waals surface area contributed by atoms with E-state index in [0.717, 1.165) is 0 Å². The van der Waals surface area contributed by atoms with E-state index in [2.05, 4.69) is 30.2 Å². The first-order valence-electron chi connectivity index (χ1n) is 7.33. The van der Waals surface area contributed by atoms with E-state index in [0.29, 0.717) is 22.2 Å². The van der Waals surface area contributed by atoms with Crippen LogP contribution in [0.4, 0.5) is 5.95 Å². The molecule has 0 aliphatic rings. The minimum atomic E-state index is -0.462. The number of carbonyl (C=O) groups is 2. The summed E-state index contributed by atoms with van der Waals surface area (Å²) in [5.74, 6) is -0.239. The normalized spacial score (nSPS) is 10.5. The number of hydrogen-bond acceptors (Lipinski definition) is 7. The highest BCUT2D eigenvalue weighted by atomic mass is 16.5. The van der Waals surface area contributed by atoms with Crippen LogP contribution in [0.1, 0.15) is 16.2 Å². The van der Waals surface area contributed by atoms with Crippen molar-refractivity contribution >= 4 is 28.7 Å². The highest BCUT2D eigenvalue weighted by Gasteiger charge is 2.19. The van der Waals surface area contributed by atoms with Gasteiger partial charge in [-0.15, -0.1) is 5.10 Å². The Hall–Kier alpha value is -3.49. The standard InChI is InChI=1S/C16H15N5O4/c1-24-11-8-17-10-6-4-3-5-9(10)14(11)15(23)19-16-18-12(20-21-16)7-13(22)25-2/h3-6,8H,7H2,1-2H3,(H2,18,19,20,21,23). The van der Waals surface area contributed by atoms with Gasteiger partial charge in [0.1, 0.15) is 12.2 Å². The van der Waals surface area contributed by atoms with Crippen LogP contribution in [0.25, 0.3) is 10.9 Å². The van der Waals surface area contributed by atoms with Gasteiger partial charge >= 0.3 is 5.97 Å². The molecule has 128 valence electrons. The van der Waals surface area contributed by atoms with E-state index in [1.54, 1.807) is 12.1 Å². The van der Waals surface area contributed by atoms with Gasteiger partial charge in [0, 0.05) is 5.39 Å². The maximum Gasteiger partial charge on any atom is 0.313 e. The number of ether oxygens (including phenoxy) is 2. The van der Waals surface area contributed by atoms with Gasteiger partial charge in [-0.1, -0.05) is 18.2 Å². The molecule has 0 unspecified atom stereocenters. The van der Waals surface area contributed by atoms with Crippen LogP contribution in [0.3, 0.4) is 0 Å². The number of esters is 1. The molecule has 0 bridgehead atoms. The van der Waals surface area contributed by atoms with Crippen molar-refractivity contribution in [2.45, 2.75) is 6.42 Å². The smallest absolute Gasteiger partial charge is 0.313 e. The second-order valence-electron chi connectivity index (χ2n) is 5.03. The first-order chi connectivity index (χ1) is 12.1. The van der Waals surface area contributed by atoms with Gasteiger partial charge in [0.15, 0.2) is 5.75 Å². The Labute approximate surface area is 142 Å². The second kappa shape index (κ2) is 6.95. The van der Waals surface area contributed by atoms with Crippen LogP contribution in [-0.2, 0) is 16.0 Å². The second-order valence-corrected chi connectivity index (χ2v) is 5.03. The fourth-order valence-electron chi connectivity index (χ4n) is 2.32. The minimum Gasteiger partial charge on any atom is -0.494 e. The molecule has 2 N–H and O–H groups in total. The molecule has 0 aliphatic heterocycles. The van der Waals surface area contributed by atoms with Gasteiger partial charge in [0.05, 0.1) is 31.5 Å². The van der Waals surface area contributed by atoms with Crippen LogP contribution in [0.2, 0.25) is 0 Å². The van der Waals surface area contributed by atoms with Crippen LogP contribution < -0.4 is 10.1 Å². The van der Waals surface area contributed by atoms with E-state index in [1.165, 1.54) is 20.4 Å². The van der Waals surface area contributed by atoms with E-state index in [4.69, 9.17) is 4.74 Å². The average Bonchev–Trinajstić information content (AvgIpc) is 3.07. The molecule has 1 amide bonds. The lowest BCUT2D eigenvalue weighted by Crippen LogP contribution is -2.15. The number of para-hydroxylation sites is 1. The Morgan fingerprint density at radius 3 is 2.80 bits per heavy atom.